The van der Waals surface area contributed by atoms with Crippen LogP contribution in [-0.2, 0) is 9.53 Å². The molecule has 0 radical (unpaired) electrons. The summed E-state index contributed by atoms with van der Waals surface area (Å²) < 4.78 is 5.42. The van der Waals surface area contributed by atoms with Crippen molar-refractivity contribution in [2.24, 2.45) is 0 Å². The number of hydrogen-bond acceptors (Lipinski definition) is 5. The third-order valence-corrected chi connectivity index (χ3v) is 6.81. The molecule has 2 aliphatic rings. The summed E-state index contributed by atoms with van der Waals surface area (Å²) in [6, 6.07) is 14.5. The first-order chi connectivity index (χ1) is 17.3. The van der Waals surface area contributed by atoms with E-state index in [-0.39, 0.29) is 18.5 Å². The van der Waals surface area contributed by atoms with Crippen molar-refractivity contribution in [3.05, 3.63) is 82.1 Å². The van der Waals surface area contributed by atoms with Crippen LogP contribution >= 0.6 is 0 Å². The number of urea groups is 1. The van der Waals surface area contributed by atoms with E-state index in [2.05, 4.69) is 10.2 Å². The molecule has 1 atom stereocenters. The zero-order valence-electron chi connectivity index (χ0n) is 21.4. The lowest BCUT2D eigenvalue weighted by Gasteiger charge is -2.39. The molecule has 0 bridgehead atoms. The van der Waals surface area contributed by atoms with E-state index in [4.69, 9.17) is 4.74 Å². The summed E-state index contributed by atoms with van der Waals surface area (Å²) in [5.74, 6) is -0.409. The lowest BCUT2D eigenvalue weighted by Crippen LogP contribution is -2.53. The second kappa shape index (κ2) is 11.0. The molecule has 36 heavy (non-hydrogen) atoms. The summed E-state index contributed by atoms with van der Waals surface area (Å²) >= 11 is 0. The number of likely N-dealkylation sites (N-methyl/N-ethyl adjacent to an activating group) is 1. The van der Waals surface area contributed by atoms with Crippen molar-refractivity contribution < 1.29 is 19.1 Å². The SMILES string of the molecule is CCOC(=O)C1=C(CN2CCN(C(=O)c3ccc(C)cc3)CC2)N(C)C(=O)N[C@H]1c1ccc(C)cc1. The van der Waals surface area contributed by atoms with Gasteiger partial charge in [-0.05, 0) is 38.5 Å². The van der Waals surface area contributed by atoms with Crippen LogP contribution in [0.2, 0.25) is 0 Å². The number of nitrogens with zero attached hydrogens (tertiary/aromatic N) is 3. The molecule has 1 saturated heterocycles. The van der Waals surface area contributed by atoms with Crippen molar-refractivity contribution in [2.75, 3.05) is 46.4 Å². The normalized spacial score (nSPS) is 18.8. The van der Waals surface area contributed by atoms with Crippen LogP contribution in [0.1, 0.15) is 40.0 Å². The standard InChI is InChI=1S/C28H34N4O4/c1-5-36-27(34)24-23(30(4)28(35)29-25(24)21-10-6-19(2)7-11-21)18-31-14-16-32(17-15-31)26(33)22-12-8-20(3)9-13-22/h6-13,25H,5,14-18H2,1-4H3,(H,29,35)/t25-/m0/s1. The minimum absolute atomic E-state index is 0.0228. The Bertz CT molecular complexity index is 1150. The van der Waals surface area contributed by atoms with E-state index >= 15 is 0 Å². The topological polar surface area (TPSA) is 82.2 Å². The van der Waals surface area contributed by atoms with Crippen molar-refractivity contribution >= 4 is 17.9 Å². The van der Waals surface area contributed by atoms with Crippen molar-refractivity contribution in [2.45, 2.75) is 26.8 Å². The Morgan fingerprint density at radius 3 is 2.11 bits per heavy atom. The van der Waals surface area contributed by atoms with Gasteiger partial charge in [0.15, 0.2) is 0 Å². The molecule has 3 amide bonds. The van der Waals surface area contributed by atoms with Gasteiger partial charge in [0, 0.05) is 51.0 Å². The molecular formula is C28H34N4O4. The molecule has 0 unspecified atom stereocenters. The number of esters is 1. The fourth-order valence-corrected chi connectivity index (χ4v) is 4.61. The Labute approximate surface area is 212 Å². The molecule has 8 heteroatoms. The van der Waals surface area contributed by atoms with E-state index in [1.54, 1.807) is 14.0 Å². The molecule has 0 aliphatic carbocycles. The van der Waals surface area contributed by atoms with Gasteiger partial charge >= 0.3 is 12.0 Å². The highest BCUT2D eigenvalue weighted by atomic mass is 16.5. The van der Waals surface area contributed by atoms with E-state index in [1.807, 2.05) is 67.3 Å². The predicted molar refractivity (Wildman–Crippen MR) is 137 cm³/mol. The zero-order chi connectivity index (χ0) is 25.8. The van der Waals surface area contributed by atoms with Gasteiger partial charge in [0.2, 0.25) is 0 Å². The van der Waals surface area contributed by atoms with E-state index in [0.717, 1.165) is 16.7 Å². The summed E-state index contributed by atoms with van der Waals surface area (Å²) in [7, 11) is 1.67. The van der Waals surface area contributed by atoms with Crippen molar-refractivity contribution in [3.8, 4) is 0 Å². The molecule has 2 aliphatic heterocycles. The fourth-order valence-electron chi connectivity index (χ4n) is 4.61. The smallest absolute Gasteiger partial charge is 0.338 e. The van der Waals surface area contributed by atoms with Gasteiger partial charge in [-0.15, -0.1) is 0 Å². The van der Waals surface area contributed by atoms with Crippen LogP contribution in [0.3, 0.4) is 0 Å². The fraction of sp³-hybridized carbons (Fsp3) is 0.393. The van der Waals surface area contributed by atoms with Crippen LogP contribution < -0.4 is 5.32 Å². The molecule has 0 spiro atoms. The van der Waals surface area contributed by atoms with Gasteiger partial charge < -0.3 is 15.0 Å². The molecular weight excluding hydrogens is 456 g/mol. The number of benzene rings is 2. The minimum Gasteiger partial charge on any atom is -0.463 e. The second-order valence-corrected chi connectivity index (χ2v) is 9.37. The molecule has 4 rings (SSSR count). The van der Waals surface area contributed by atoms with Gasteiger partial charge in [-0.1, -0.05) is 47.5 Å². The van der Waals surface area contributed by atoms with Gasteiger partial charge in [0.1, 0.15) is 0 Å². The van der Waals surface area contributed by atoms with Crippen molar-refractivity contribution in [1.82, 2.24) is 20.0 Å². The first-order valence-corrected chi connectivity index (χ1v) is 12.4. The molecule has 0 aromatic heterocycles. The largest absolute Gasteiger partial charge is 0.463 e. The first kappa shape index (κ1) is 25.4. The van der Waals surface area contributed by atoms with Gasteiger partial charge in [-0.25, -0.2) is 9.59 Å². The lowest BCUT2D eigenvalue weighted by molar-refractivity contribution is -0.139. The molecule has 190 valence electrons. The molecule has 1 N–H and O–H groups in total. The number of carbonyl (C=O) groups excluding carboxylic acids is 3. The zero-order valence-corrected chi connectivity index (χ0v) is 21.4. The Morgan fingerprint density at radius 1 is 0.944 bits per heavy atom. The lowest BCUT2D eigenvalue weighted by atomic mass is 9.93. The highest BCUT2D eigenvalue weighted by Gasteiger charge is 2.37. The summed E-state index contributed by atoms with van der Waals surface area (Å²) in [6.07, 6.45) is 0. The highest BCUT2D eigenvalue weighted by Crippen LogP contribution is 2.31. The molecule has 2 aromatic rings. The minimum atomic E-state index is -0.590. The molecule has 2 aromatic carbocycles. The second-order valence-electron chi connectivity index (χ2n) is 9.37. The number of nitrogens with one attached hydrogen (secondary N) is 1. The molecule has 8 nitrogen and oxygen atoms in total. The summed E-state index contributed by atoms with van der Waals surface area (Å²) in [4.78, 5) is 44.5. The van der Waals surface area contributed by atoms with Crippen LogP contribution in [0.5, 0.6) is 0 Å². The summed E-state index contributed by atoms with van der Waals surface area (Å²) in [5.41, 5.74) is 4.80. The number of hydrogen-bond donors (Lipinski definition) is 1. The third kappa shape index (κ3) is 5.44. The van der Waals surface area contributed by atoms with E-state index in [9.17, 15) is 14.4 Å². The molecule has 1 fully saturated rings. The number of ether oxygens (including phenoxy) is 1. The predicted octanol–water partition coefficient (Wildman–Crippen LogP) is 3.27. The van der Waals surface area contributed by atoms with Gasteiger partial charge in [-0.2, -0.15) is 0 Å². The van der Waals surface area contributed by atoms with Gasteiger partial charge in [-0.3, -0.25) is 14.6 Å². The highest BCUT2D eigenvalue weighted by molar-refractivity contribution is 5.95. The maximum absolute atomic E-state index is 13.1. The monoisotopic (exact) mass is 490 g/mol. The van der Waals surface area contributed by atoms with Gasteiger partial charge in [0.25, 0.3) is 5.91 Å². The third-order valence-electron chi connectivity index (χ3n) is 6.81. The number of rotatable bonds is 6. The quantitative estimate of drug-likeness (QED) is 0.629. The van der Waals surface area contributed by atoms with Crippen LogP contribution in [0.4, 0.5) is 4.79 Å². The number of piperazine rings is 1. The molecule has 2 heterocycles. The Kier molecular flexibility index (Phi) is 7.74. The number of amides is 3. The van der Waals surface area contributed by atoms with E-state index in [1.165, 1.54) is 4.90 Å². The van der Waals surface area contributed by atoms with E-state index in [0.29, 0.717) is 49.6 Å². The number of carbonyl (C=O) groups is 3. The molecule has 0 saturated carbocycles. The maximum Gasteiger partial charge on any atom is 0.338 e. The Morgan fingerprint density at radius 2 is 1.53 bits per heavy atom. The first-order valence-electron chi connectivity index (χ1n) is 12.4. The Hall–Kier alpha value is -3.65. The maximum atomic E-state index is 13.1. The number of aryl methyl sites for hydroxylation is 2. The van der Waals surface area contributed by atoms with E-state index < -0.39 is 12.0 Å². The average Bonchev–Trinajstić information content (AvgIpc) is 2.87. The Balaban J connectivity index is 1.55. The van der Waals surface area contributed by atoms with Crippen LogP contribution in [0, 0.1) is 13.8 Å². The van der Waals surface area contributed by atoms with Crippen LogP contribution in [-0.4, -0.2) is 79.0 Å². The summed E-state index contributed by atoms with van der Waals surface area (Å²) in [5, 5.41) is 2.96. The van der Waals surface area contributed by atoms with Gasteiger partial charge in [0.05, 0.1) is 18.2 Å². The van der Waals surface area contributed by atoms with Crippen LogP contribution in [0.25, 0.3) is 0 Å². The van der Waals surface area contributed by atoms with Crippen molar-refractivity contribution in [1.29, 1.82) is 0 Å². The summed E-state index contributed by atoms with van der Waals surface area (Å²) in [6.45, 7) is 8.85. The van der Waals surface area contributed by atoms with Crippen LogP contribution in [0.15, 0.2) is 59.8 Å². The van der Waals surface area contributed by atoms with Crippen molar-refractivity contribution in [3.63, 3.8) is 0 Å². The average molecular weight is 491 g/mol.